The van der Waals surface area contributed by atoms with Crippen LogP contribution in [0, 0.1) is 24.0 Å². The number of carbonyl (C=O) groups is 1. The zero-order valence-electron chi connectivity index (χ0n) is 13.0. The molecule has 126 valence electrons. The van der Waals surface area contributed by atoms with Gasteiger partial charge in [0.05, 0.1) is 10.6 Å². The van der Waals surface area contributed by atoms with Crippen molar-refractivity contribution in [3.8, 4) is 11.5 Å². The highest BCUT2D eigenvalue weighted by Gasteiger charge is 2.13. The number of aromatic hydroxyl groups is 1. The summed E-state index contributed by atoms with van der Waals surface area (Å²) < 4.78 is 5.39. The van der Waals surface area contributed by atoms with Crippen molar-refractivity contribution in [2.45, 2.75) is 13.8 Å². The number of rotatable bonds is 5. The Morgan fingerprint density at radius 2 is 1.92 bits per heavy atom. The molecule has 2 aromatic carbocycles. The number of hydrogen-bond donors (Lipinski definition) is 2. The number of nitro benzene ring substituents is 1. The van der Waals surface area contributed by atoms with Crippen molar-refractivity contribution in [3.63, 3.8) is 0 Å². The SMILES string of the molecule is Cc1cc(OCC(=O)Nc2cc([N+](=O)[O-])ccc2O)cc(C)c1Cl. The Hall–Kier alpha value is -2.80. The van der Waals surface area contributed by atoms with Crippen LogP contribution in [0.25, 0.3) is 0 Å². The van der Waals surface area contributed by atoms with E-state index in [1.165, 1.54) is 0 Å². The normalized spacial score (nSPS) is 10.3. The van der Waals surface area contributed by atoms with Gasteiger partial charge < -0.3 is 15.2 Å². The van der Waals surface area contributed by atoms with Crippen molar-refractivity contribution >= 4 is 28.9 Å². The molecule has 2 N–H and O–H groups in total. The number of phenols is 1. The van der Waals surface area contributed by atoms with Crippen LogP contribution in [0.2, 0.25) is 5.02 Å². The second-order valence-electron chi connectivity index (χ2n) is 5.17. The highest BCUT2D eigenvalue weighted by molar-refractivity contribution is 6.32. The van der Waals surface area contributed by atoms with Crippen LogP contribution in [0.3, 0.4) is 0 Å². The predicted octanol–water partition coefficient (Wildman–Crippen LogP) is 3.59. The average Bonchev–Trinajstić information content (AvgIpc) is 2.52. The Bertz CT molecular complexity index is 784. The first-order valence-corrected chi connectivity index (χ1v) is 7.32. The third-order valence-electron chi connectivity index (χ3n) is 3.24. The lowest BCUT2D eigenvalue weighted by Crippen LogP contribution is -2.20. The van der Waals surface area contributed by atoms with Gasteiger partial charge in [0, 0.05) is 17.2 Å². The number of ether oxygens (including phenoxy) is 1. The van der Waals surface area contributed by atoms with Gasteiger partial charge in [-0.1, -0.05) is 11.6 Å². The number of non-ortho nitro benzene ring substituents is 1. The molecule has 24 heavy (non-hydrogen) atoms. The lowest BCUT2D eigenvalue weighted by atomic mass is 10.1. The van der Waals surface area contributed by atoms with E-state index >= 15 is 0 Å². The van der Waals surface area contributed by atoms with Gasteiger partial charge in [0.1, 0.15) is 11.5 Å². The van der Waals surface area contributed by atoms with Crippen LogP contribution in [0.5, 0.6) is 11.5 Å². The number of phenolic OH excluding ortho intramolecular Hbond substituents is 1. The minimum atomic E-state index is -0.620. The van der Waals surface area contributed by atoms with Crippen LogP contribution in [0.15, 0.2) is 30.3 Å². The number of amides is 1. The second kappa shape index (κ2) is 7.18. The van der Waals surface area contributed by atoms with E-state index in [-0.39, 0.29) is 23.7 Å². The van der Waals surface area contributed by atoms with E-state index in [2.05, 4.69) is 5.32 Å². The number of anilines is 1. The zero-order chi connectivity index (χ0) is 17.9. The maximum atomic E-state index is 11.9. The van der Waals surface area contributed by atoms with Gasteiger partial charge in [-0.15, -0.1) is 0 Å². The molecule has 0 heterocycles. The van der Waals surface area contributed by atoms with Crippen molar-refractivity contribution in [1.29, 1.82) is 0 Å². The third-order valence-corrected chi connectivity index (χ3v) is 3.84. The van der Waals surface area contributed by atoms with Crippen molar-refractivity contribution in [2.24, 2.45) is 0 Å². The second-order valence-corrected chi connectivity index (χ2v) is 5.54. The molecular formula is C16H15ClN2O5. The molecule has 0 unspecified atom stereocenters. The summed E-state index contributed by atoms with van der Waals surface area (Å²) in [4.78, 5) is 22.0. The summed E-state index contributed by atoms with van der Waals surface area (Å²) in [5.74, 6) is -0.351. The summed E-state index contributed by atoms with van der Waals surface area (Å²) in [6.07, 6.45) is 0. The molecule has 0 aliphatic carbocycles. The van der Waals surface area contributed by atoms with Gasteiger partial charge in [-0.05, 0) is 43.2 Å². The topological polar surface area (TPSA) is 102 Å². The molecule has 2 rings (SSSR count). The molecule has 0 radical (unpaired) electrons. The van der Waals surface area contributed by atoms with Gasteiger partial charge in [0.2, 0.25) is 0 Å². The van der Waals surface area contributed by atoms with Crippen molar-refractivity contribution in [1.82, 2.24) is 0 Å². The van der Waals surface area contributed by atoms with Gasteiger partial charge in [0.25, 0.3) is 11.6 Å². The lowest BCUT2D eigenvalue weighted by Gasteiger charge is -2.11. The number of nitrogens with zero attached hydrogens (tertiary/aromatic N) is 1. The van der Waals surface area contributed by atoms with E-state index in [0.717, 1.165) is 29.3 Å². The van der Waals surface area contributed by atoms with Gasteiger partial charge in [-0.25, -0.2) is 0 Å². The van der Waals surface area contributed by atoms with Crippen LogP contribution >= 0.6 is 11.6 Å². The highest BCUT2D eigenvalue weighted by atomic mass is 35.5. The molecule has 2 aromatic rings. The van der Waals surface area contributed by atoms with E-state index in [9.17, 15) is 20.0 Å². The number of halogens is 1. The Labute approximate surface area is 143 Å². The first kappa shape index (κ1) is 17.6. The molecule has 0 aliphatic heterocycles. The fraction of sp³-hybridized carbons (Fsp3) is 0.188. The van der Waals surface area contributed by atoms with Crippen molar-refractivity contribution in [2.75, 3.05) is 11.9 Å². The van der Waals surface area contributed by atoms with Gasteiger partial charge in [-0.3, -0.25) is 14.9 Å². The maximum absolute atomic E-state index is 11.9. The molecule has 0 spiro atoms. The van der Waals surface area contributed by atoms with Gasteiger partial charge >= 0.3 is 0 Å². The van der Waals surface area contributed by atoms with E-state index in [0.29, 0.717) is 10.8 Å². The molecule has 0 saturated heterocycles. The lowest BCUT2D eigenvalue weighted by molar-refractivity contribution is -0.384. The molecule has 0 fully saturated rings. The first-order valence-electron chi connectivity index (χ1n) is 6.94. The minimum absolute atomic E-state index is 0.0544. The third kappa shape index (κ3) is 4.14. The van der Waals surface area contributed by atoms with Gasteiger partial charge in [0.15, 0.2) is 6.61 Å². The number of hydrogen-bond acceptors (Lipinski definition) is 5. The van der Waals surface area contributed by atoms with Crippen molar-refractivity contribution in [3.05, 3.63) is 56.6 Å². The Kier molecular flexibility index (Phi) is 5.25. The van der Waals surface area contributed by atoms with Crippen LogP contribution in [-0.2, 0) is 4.79 Å². The first-order chi connectivity index (χ1) is 11.3. The number of aryl methyl sites for hydroxylation is 2. The Morgan fingerprint density at radius 3 is 2.50 bits per heavy atom. The van der Waals surface area contributed by atoms with Crippen LogP contribution < -0.4 is 10.1 Å². The summed E-state index contributed by atoms with van der Waals surface area (Å²) in [7, 11) is 0. The number of carbonyl (C=O) groups excluding carboxylic acids is 1. The molecular weight excluding hydrogens is 336 g/mol. The summed E-state index contributed by atoms with van der Waals surface area (Å²) in [6, 6.07) is 6.76. The number of nitrogens with one attached hydrogen (secondary N) is 1. The molecule has 0 atom stereocenters. The average molecular weight is 351 g/mol. The standard InChI is InChI=1S/C16H15ClN2O5/c1-9-5-12(6-10(2)16(9)17)24-8-15(21)18-13-7-11(19(22)23)3-4-14(13)20/h3-7,20H,8H2,1-2H3,(H,18,21). The summed E-state index contributed by atoms with van der Waals surface area (Å²) >= 11 is 6.06. The number of benzene rings is 2. The maximum Gasteiger partial charge on any atom is 0.271 e. The highest BCUT2D eigenvalue weighted by Crippen LogP contribution is 2.28. The predicted molar refractivity (Wildman–Crippen MR) is 89.8 cm³/mol. The van der Waals surface area contributed by atoms with E-state index in [4.69, 9.17) is 16.3 Å². The molecule has 0 saturated carbocycles. The zero-order valence-corrected chi connectivity index (χ0v) is 13.8. The van der Waals surface area contributed by atoms with E-state index in [1.807, 2.05) is 13.8 Å². The largest absolute Gasteiger partial charge is 0.506 e. The molecule has 7 nitrogen and oxygen atoms in total. The van der Waals surface area contributed by atoms with Crippen LogP contribution in [0.4, 0.5) is 11.4 Å². The number of nitro groups is 1. The Morgan fingerprint density at radius 1 is 1.29 bits per heavy atom. The minimum Gasteiger partial charge on any atom is -0.506 e. The van der Waals surface area contributed by atoms with Crippen molar-refractivity contribution < 1.29 is 19.6 Å². The molecule has 0 aliphatic rings. The molecule has 8 heteroatoms. The monoisotopic (exact) mass is 350 g/mol. The molecule has 1 amide bonds. The fourth-order valence-electron chi connectivity index (χ4n) is 2.06. The van der Waals surface area contributed by atoms with Gasteiger partial charge in [-0.2, -0.15) is 0 Å². The molecule has 0 aromatic heterocycles. The summed E-state index contributed by atoms with van der Waals surface area (Å²) in [5.41, 5.74) is 1.35. The van der Waals surface area contributed by atoms with E-state index < -0.39 is 10.8 Å². The van der Waals surface area contributed by atoms with Crippen LogP contribution in [0.1, 0.15) is 11.1 Å². The quantitative estimate of drug-likeness (QED) is 0.487. The molecule has 0 bridgehead atoms. The Balaban J connectivity index is 2.04. The smallest absolute Gasteiger partial charge is 0.271 e. The van der Waals surface area contributed by atoms with Crippen LogP contribution in [-0.4, -0.2) is 22.5 Å². The summed E-state index contributed by atoms with van der Waals surface area (Å²) in [5, 5.41) is 23.4. The fourth-order valence-corrected chi connectivity index (χ4v) is 2.17. The summed E-state index contributed by atoms with van der Waals surface area (Å²) in [6.45, 7) is 3.33. The van der Waals surface area contributed by atoms with E-state index in [1.54, 1.807) is 12.1 Å².